The highest BCUT2D eigenvalue weighted by molar-refractivity contribution is 7.10. The Morgan fingerprint density at radius 3 is 2.80 bits per heavy atom. The standard InChI is InChI=1S/C23H30N4O2S/c28-21(14-17-8-5-13-30-17)27-11-4-3-9-20(27)22-24-19-15-26(16-6-1-2-7-16)12-10-18(19)23(29)25-22/h5,8,13,16,20H,1-4,6-7,9-12,14-15H2,(H,24,25,29)/t20-/m1/s1. The van der Waals surface area contributed by atoms with Crippen LogP contribution in [0.2, 0.25) is 0 Å². The van der Waals surface area contributed by atoms with Gasteiger partial charge in [0.05, 0.1) is 18.2 Å². The lowest BCUT2D eigenvalue weighted by molar-refractivity contribution is -0.134. The molecule has 1 amide bonds. The Bertz CT molecular complexity index is 949. The van der Waals surface area contributed by atoms with E-state index in [1.807, 2.05) is 22.4 Å². The number of rotatable bonds is 4. The molecule has 2 aromatic heterocycles. The molecule has 6 nitrogen and oxygen atoms in total. The maximum atomic E-state index is 13.1. The van der Waals surface area contributed by atoms with Crippen LogP contribution >= 0.6 is 11.3 Å². The number of amides is 1. The van der Waals surface area contributed by atoms with Gasteiger partial charge in [-0.15, -0.1) is 11.3 Å². The number of nitrogens with zero attached hydrogens (tertiary/aromatic N) is 3. The average molecular weight is 427 g/mol. The van der Waals surface area contributed by atoms with E-state index in [9.17, 15) is 9.59 Å². The van der Waals surface area contributed by atoms with Crippen molar-refractivity contribution in [2.24, 2.45) is 0 Å². The highest BCUT2D eigenvalue weighted by Gasteiger charge is 2.33. The van der Waals surface area contributed by atoms with Crippen molar-refractivity contribution in [2.45, 2.75) is 76.4 Å². The Kier molecular flexibility index (Phi) is 5.74. The van der Waals surface area contributed by atoms with Crippen LogP contribution in [-0.2, 0) is 24.2 Å². The Morgan fingerprint density at radius 2 is 2.00 bits per heavy atom. The van der Waals surface area contributed by atoms with Gasteiger partial charge in [-0.3, -0.25) is 14.5 Å². The minimum atomic E-state index is -0.119. The van der Waals surface area contributed by atoms with Gasteiger partial charge < -0.3 is 9.88 Å². The molecule has 2 aromatic rings. The summed E-state index contributed by atoms with van der Waals surface area (Å²) in [6.45, 7) is 2.47. The summed E-state index contributed by atoms with van der Waals surface area (Å²) in [6, 6.07) is 4.52. The maximum Gasteiger partial charge on any atom is 0.254 e. The van der Waals surface area contributed by atoms with E-state index in [-0.39, 0.29) is 17.5 Å². The van der Waals surface area contributed by atoms with Crippen molar-refractivity contribution in [3.8, 4) is 0 Å². The maximum absolute atomic E-state index is 13.1. The van der Waals surface area contributed by atoms with Crippen molar-refractivity contribution in [2.75, 3.05) is 13.1 Å². The van der Waals surface area contributed by atoms with Gasteiger partial charge in [0.1, 0.15) is 5.82 Å². The number of nitrogens with one attached hydrogen (secondary N) is 1. The highest BCUT2D eigenvalue weighted by Crippen LogP contribution is 2.31. The second kappa shape index (κ2) is 8.63. The molecule has 1 saturated carbocycles. The lowest BCUT2D eigenvalue weighted by Gasteiger charge is -2.36. The van der Waals surface area contributed by atoms with Crippen molar-refractivity contribution in [1.29, 1.82) is 0 Å². The van der Waals surface area contributed by atoms with Crippen LogP contribution in [0.4, 0.5) is 0 Å². The van der Waals surface area contributed by atoms with Gasteiger partial charge in [-0.1, -0.05) is 18.9 Å². The van der Waals surface area contributed by atoms with Crippen LogP contribution in [-0.4, -0.2) is 44.8 Å². The number of likely N-dealkylation sites (tertiary alicyclic amines) is 1. The number of aromatic nitrogens is 2. The monoisotopic (exact) mass is 426 g/mol. The van der Waals surface area contributed by atoms with Crippen molar-refractivity contribution in [3.05, 3.63) is 49.8 Å². The number of hydrogen-bond acceptors (Lipinski definition) is 5. The van der Waals surface area contributed by atoms with E-state index in [0.29, 0.717) is 18.3 Å². The van der Waals surface area contributed by atoms with E-state index >= 15 is 0 Å². The van der Waals surface area contributed by atoms with Crippen LogP contribution in [0, 0.1) is 0 Å². The minimum absolute atomic E-state index is 0.00250. The van der Waals surface area contributed by atoms with Crippen molar-refractivity contribution in [1.82, 2.24) is 19.8 Å². The first-order valence-electron chi connectivity index (χ1n) is 11.4. The smallest absolute Gasteiger partial charge is 0.254 e. The molecule has 1 aliphatic carbocycles. The second-order valence-electron chi connectivity index (χ2n) is 8.89. The number of hydrogen-bond donors (Lipinski definition) is 1. The third-order valence-electron chi connectivity index (χ3n) is 7.01. The third-order valence-corrected chi connectivity index (χ3v) is 7.88. The summed E-state index contributed by atoms with van der Waals surface area (Å²) in [5.74, 6) is 0.821. The number of fused-ring (bicyclic) bond motifs is 1. The first-order valence-corrected chi connectivity index (χ1v) is 12.2. The molecule has 1 N–H and O–H groups in total. The van der Waals surface area contributed by atoms with Gasteiger partial charge in [-0.25, -0.2) is 4.98 Å². The molecular formula is C23H30N4O2S. The van der Waals surface area contributed by atoms with Gasteiger partial charge in [-0.2, -0.15) is 0 Å². The molecule has 5 rings (SSSR count). The van der Waals surface area contributed by atoms with Crippen LogP contribution in [0.15, 0.2) is 22.3 Å². The summed E-state index contributed by atoms with van der Waals surface area (Å²) < 4.78 is 0. The number of carbonyl (C=O) groups excluding carboxylic acids is 1. The van der Waals surface area contributed by atoms with Crippen LogP contribution in [0.5, 0.6) is 0 Å². The van der Waals surface area contributed by atoms with Gasteiger partial charge in [0, 0.05) is 36.1 Å². The van der Waals surface area contributed by atoms with Crippen LogP contribution in [0.3, 0.4) is 0 Å². The summed E-state index contributed by atoms with van der Waals surface area (Å²) >= 11 is 1.62. The molecule has 0 spiro atoms. The fraction of sp³-hybridized carbons (Fsp3) is 0.609. The van der Waals surface area contributed by atoms with E-state index in [2.05, 4.69) is 9.88 Å². The van der Waals surface area contributed by atoms with E-state index in [1.54, 1.807) is 11.3 Å². The summed E-state index contributed by atoms with van der Waals surface area (Å²) in [7, 11) is 0. The lowest BCUT2D eigenvalue weighted by atomic mass is 9.99. The number of thiophene rings is 1. The predicted octanol–water partition coefficient (Wildman–Crippen LogP) is 3.43. The van der Waals surface area contributed by atoms with Gasteiger partial charge in [0.25, 0.3) is 5.56 Å². The summed E-state index contributed by atoms with van der Waals surface area (Å²) in [4.78, 5) is 39.5. The molecule has 7 heteroatoms. The molecule has 160 valence electrons. The first kappa shape index (κ1) is 19.9. The topological polar surface area (TPSA) is 69.3 Å². The van der Waals surface area contributed by atoms with E-state index in [4.69, 9.17) is 4.98 Å². The zero-order valence-corrected chi connectivity index (χ0v) is 18.3. The van der Waals surface area contributed by atoms with Gasteiger partial charge in [0.2, 0.25) is 5.91 Å². The summed E-state index contributed by atoms with van der Waals surface area (Å²) in [6.07, 6.45) is 9.29. The number of aromatic amines is 1. The largest absolute Gasteiger partial charge is 0.332 e. The predicted molar refractivity (Wildman–Crippen MR) is 118 cm³/mol. The fourth-order valence-electron chi connectivity index (χ4n) is 5.40. The first-order chi connectivity index (χ1) is 14.7. The van der Waals surface area contributed by atoms with Crippen LogP contribution < -0.4 is 5.56 Å². The second-order valence-corrected chi connectivity index (χ2v) is 9.92. The molecule has 3 aliphatic rings. The van der Waals surface area contributed by atoms with E-state index in [1.165, 1.54) is 25.7 Å². The van der Waals surface area contributed by atoms with E-state index in [0.717, 1.165) is 61.5 Å². The quantitative estimate of drug-likeness (QED) is 0.813. The van der Waals surface area contributed by atoms with Gasteiger partial charge in [-0.05, 0) is 50.0 Å². The third kappa shape index (κ3) is 3.97. The molecule has 0 aromatic carbocycles. The molecule has 1 saturated heterocycles. The number of H-pyrrole nitrogens is 1. The van der Waals surface area contributed by atoms with Crippen LogP contribution in [0.25, 0.3) is 0 Å². The highest BCUT2D eigenvalue weighted by atomic mass is 32.1. The minimum Gasteiger partial charge on any atom is -0.332 e. The normalized spacial score (nSPS) is 22.9. The molecule has 0 unspecified atom stereocenters. The molecular weight excluding hydrogens is 396 g/mol. The molecule has 2 aliphatic heterocycles. The van der Waals surface area contributed by atoms with E-state index < -0.39 is 0 Å². The van der Waals surface area contributed by atoms with Crippen molar-refractivity contribution < 1.29 is 4.79 Å². The van der Waals surface area contributed by atoms with Crippen LogP contribution in [0.1, 0.15) is 72.9 Å². The average Bonchev–Trinajstić information content (AvgIpc) is 3.48. The fourth-order valence-corrected chi connectivity index (χ4v) is 6.09. The molecule has 2 fully saturated rings. The zero-order chi connectivity index (χ0) is 20.5. The van der Waals surface area contributed by atoms with Crippen molar-refractivity contribution >= 4 is 17.2 Å². The molecule has 0 radical (unpaired) electrons. The van der Waals surface area contributed by atoms with Crippen molar-refractivity contribution in [3.63, 3.8) is 0 Å². The summed E-state index contributed by atoms with van der Waals surface area (Å²) in [5.41, 5.74) is 1.78. The Morgan fingerprint density at radius 1 is 1.17 bits per heavy atom. The zero-order valence-electron chi connectivity index (χ0n) is 17.4. The molecule has 0 bridgehead atoms. The Balaban J connectivity index is 1.39. The van der Waals surface area contributed by atoms with Gasteiger partial charge in [0.15, 0.2) is 0 Å². The Labute approximate surface area is 181 Å². The SMILES string of the molecule is O=C(Cc1cccs1)N1CCCC[C@@H]1c1nc2c(c(=O)[nH]1)CCN(C1CCCC1)C2. The Hall–Kier alpha value is -1.99. The molecule has 4 heterocycles. The lowest BCUT2D eigenvalue weighted by Crippen LogP contribution is -2.43. The molecule has 30 heavy (non-hydrogen) atoms. The molecule has 1 atom stereocenters. The number of piperidine rings is 1. The number of carbonyl (C=O) groups is 1. The van der Waals surface area contributed by atoms with Gasteiger partial charge >= 0.3 is 0 Å². The summed E-state index contributed by atoms with van der Waals surface area (Å²) in [5, 5.41) is 2.01.